The van der Waals surface area contributed by atoms with Crippen LogP contribution in [0, 0.1) is 0 Å². The highest BCUT2D eigenvalue weighted by Gasteiger charge is 2.29. The van der Waals surface area contributed by atoms with E-state index < -0.39 is 0 Å². The first-order chi connectivity index (χ1) is 17.2. The summed E-state index contributed by atoms with van der Waals surface area (Å²) in [5.41, 5.74) is 3.89. The Morgan fingerprint density at radius 1 is 0.886 bits per heavy atom. The van der Waals surface area contributed by atoms with Crippen LogP contribution in [0.15, 0.2) is 85.1 Å². The molecule has 6 rings (SSSR count). The van der Waals surface area contributed by atoms with E-state index in [1.165, 1.54) is 0 Å². The Labute approximate surface area is 207 Å². The van der Waals surface area contributed by atoms with E-state index in [1.807, 2.05) is 94.4 Å². The second kappa shape index (κ2) is 9.00. The molecule has 1 fully saturated rings. The van der Waals surface area contributed by atoms with Crippen molar-refractivity contribution >= 4 is 23.2 Å². The van der Waals surface area contributed by atoms with Gasteiger partial charge in [-0.05, 0) is 55.3 Å². The highest BCUT2D eigenvalue weighted by atomic mass is 35.5. The molecule has 7 nitrogen and oxygen atoms in total. The largest absolute Gasteiger partial charge is 0.337 e. The van der Waals surface area contributed by atoms with Crippen LogP contribution in [-0.2, 0) is 0 Å². The number of halogens is 1. The van der Waals surface area contributed by atoms with E-state index in [9.17, 15) is 4.79 Å². The van der Waals surface area contributed by atoms with Crippen molar-refractivity contribution in [2.75, 3.05) is 13.1 Å². The minimum absolute atomic E-state index is 0.0221. The van der Waals surface area contributed by atoms with Crippen molar-refractivity contribution in [3.63, 3.8) is 0 Å². The number of benzene rings is 2. The van der Waals surface area contributed by atoms with Gasteiger partial charge < -0.3 is 4.90 Å². The van der Waals surface area contributed by atoms with Crippen LogP contribution in [0.25, 0.3) is 22.6 Å². The predicted octanol–water partition coefficient (Wildman–Crippen LogP) is 5.26. The molecule has 3 aromatic heterocycles. The van der Waals surface area contributed by atoms with Crippen molar-refractivity contribution in [3.8, 4) is 16.9 Å². The zero-order chi connectivity index (χ0) is 23.8. The number of aromatic nitrogens is 5. The highest BCUT2D eigenvalue weighted by molar-refractivity contribution is 6.30. The van der Waals surface area contributed by atoms with E-state index >= 15 is 0 Å². The van der Waals surface area contributed by atoms with Crippen LogP contribution in [0.4, 0.5) is 0 Å². The average molecular weight is 483 g/mol. The van der Waals surface area contributed by atoms with Crippen LogP contribution in [0.5, 0.6) is 0 Å². The Hall–Kier alpha value is -3.97. The number of likely N-dealkylation sites (tertiary alicyclic amines) is 1. The van der Waals surface area contributed by atoms with Crippen molar-refractivity contribution in [2.45, 2.75) is 18.8 Å². The van der Waals surface area contributed by atoms with Gasteiger partial charge in [-0.3, -0.25) is 9.20 Å². The summed E-state index contributed by atoms with van der Waals surface area (Å²) in [7, 11) is 0. The van der Waals surface area contributed by atoms with Gasteiger partial charge in [0.1, 0.15) is 11.5 Å². The second-order valence-electron chi connectivity index (χ2n) is 8.72. The third-order valence-corrected chi connectivity index (χ3v) is 6.81. The Morgan fingerprint density at radius 3 is 2.40 bits per heavy atom. The third-order valence-electron chi connectivity index (χ3n) is 6.56. The standard InChI is InChI=1S/C27H23ClN6O/c28-21-11-9-19(10-12-21)23-18-24(34(31-23)22-6-2-1-3-7-22)27(35)32-16-13-20(14-17-32)26-30-29-25-8-4-5-15-33(25)26/h1-12,15,18,20H,13-14,16-17H2. The molecule has 5 aromatic rings. The van der Waals surface area contributed by atoms with Gasteiger partial charge in [0.15, 0.2) is 5.65 Å². The molecule has 0 spiro atoms. The van der Waals surface area contributed by atoms with E-state index in [0.29, 0.717) is 23.8 Å². The van der Waals surface area contributed by atoms with E-state index in [4.69, 9.17) is 16.7 Å². The number of amides is 1. The van der Waals surface area contributed by atoms with Gasteiger partial charge in [-0.25, -0.2) is 4.68 Å². The van der Waals surface area contributed by atoms with Crippen molar-refractivity contribution in [3.05, 3.63) is 102 Å². The topological polar surface area (TPSA) is 68.3 Å². The fraction of sp³-hybridized carbons (Fsp3) is 0.185. The maximum Gasteiger partial charge on any atom is 0.272 e. The number of hydrogen-bond donors (Lipinski definition) is 0. The summed E-state index contributed by atoms with van der Waals surface area (Å²) in [6.45, 7) is 1.31. The molecule has 8 heteroatoms. The molecule has 1 aliphatic heterocycles. The number of pyridine rings is 1. The van der Waals surface area contributed by atoms with Crippen LogP contribution in [0.3, 0.4) is 0 Å². The number of para-hydroxylation sites is 1. The molecular weight excluding hydrogens is 460 g/mol. The van der Waals surface area contributed by atoms with Crippen LogP contribution in [0.2, 0.25) is 5.02 Å². The Balaban J connectivity index is 1.27. The zero-order valence-corrected chi connectivity index (χ0v) is 19.7. The highest BCUT2D eigenvalue weighted by Crippen LogP contribution is 2.29. The lowest BCUT2D eigenvalue weighted by atomic mass is 9.95. The van der Waals surface area contributed by atoms with Crippen molar-refractivity contribution in [2.24, 2.45) is 0 Å². The quantitative estimate of drug-likeness (QED) is 0.350. The van der Waals surface area contributed by atoms with Gasteiger partial charge in [-0.15, -0.1) is 10.2 Å². The molecular formula is C27H23ClN6O. The number of fused-ring (bicyclic) bond motifs is 1. The summed E-state index contributed by atoms with van der Waals surface area (Å²) in [4.78, 5) is 15.6. The number of rotatable bonds is 4. The Morgan fingerprint density at radius 2 is 1.63 bits per heavy atom. The zero-order valence-electron chi connectivity index (χ0n) is 19.0. The van der Waals surface area contributed by atoms with E-state index in [-0.39, 0.29) is 11.8 Å². The van der Waals surface area contributed by atoms with Crippen molar-refractivity contribution < 1.29 is 4.79 Å². The summed E-state index contributed by atoms with van der Waals surface area (Å²) < 4.78 is 3.79. The van der Waals surface area contributed by atoms with Crippen LogP contribution in [0.1, 0.15) is 35.1 Å². The fourth-order valence-electron chi connectivity index (χ4n) is 4.70. The first-order valence-electron chi connectivity index (χ1n) is 11.7. The predicted molar refractivity (Wildman–Crippen MR) is 135 cm³/mol. The van der Waals surface area contributed by atoms with Crippen LogP contribution >= 0.6 is 11.6 Å². The third kappa shape index (κ3) is 4.08. The molecule has 0 aliphatic carbocycles. The fourth-order valence-corrected chi connectivity index (χ4v) is 4.83. The number of hydrogen-bond acceptors (Lipinski definition) is 4. The Kier molecular flexibility index (Phi) is 5.54. The van der Waals surface area contributed by atoms with Gasteiger partial charge in [0.2, 0.25) is 0 Å². The van der Waals surface area contributed by atoms with Gasteiger partial charge in [0, 0.05) is 35.8 Å². The van der Waals surface area contributed by atoms with E-state index in [2.05, 4.69) is 10.2 Å². The lowest BCUT2D eigenvalue weighted by molar-refractivity contribution is 0.0701. The van der Waals surface area contributed by atoms with Crippen molar-refractivity contribution in [1.29, 1.82) is 0 Å². The lowest BCUT2D eigenvalue weighted by Gasteiger charge is -2.31. The molecule has 0 N–H and O–H groups in total. The van der Waals surface area contributed by atoms with Crippen molar-refractivity contribution in [1.82, 2.24) is 29.3 Å². The molecule has 0 radical (unpaired) electrons. The molecule has 2 aromatic carbocycles. The summed E-state index contributed by atoms with van der Waals surface area (Å²) in [5, 5.41) is 14.2. The van der Waals surface area contributed by atoms with E-state index in [0.717, 1.165) is 41.3 Å². The SMILES string of the molecule is O=C(c1cc(-c2ccc(Cl)cc2)nn1-c1ccccc1)N1CCC(c2nnc3ccccn23)CC1. The maximum atomic E-state index is 13.7. The Bertz CT molecular complexity index is 1480. The van der Waals surface area contributed by atoms with Crippen LogP contribution in [-0.4, -0.2) is 48.3 Å². The minimum atomic E-state index is -0.0221. The molecule has 1 amide bonds. The maximum absolute atomic E-state index is 13.7. The first kappa shape index (κ1) is 21.6. The number of nitrogens with zero attached hydrogens (tertiary/aromatic N) is 6. The molecule has 0 bridgehead atoms. The molecule has 0 atom stereocenters. The minimum Gasteiger partial charge on any atom is -0.337 e. The molecule has 1 aliphatic rings. The second-order valence-corrected chi connectivity index (χ2v) is 9.16. The smallest absolute Gasteiger partial charge is 0.272 e. The summed E-state index contributed by atoms with van der Waals surface area (Å²) in [6, 6.07) is 25.0. The lowest BCUT2D eigenvalue weighted by Crippen LogP contribution is -2.39. The summed E-state index contributed by atoms with van der Waals surface area (Å²) >= 11 is 6.07. The summed E-state index contributed by atoms with van der Waals surface area (Å²) in [6.07, 6.45) is 3.68. The van der Waals surface area contributed by atoms with Gasteiger partial charge in [-0.2, -0.15) is 5.10 Å². The number of carbonyl (C=O) groups excluding carboxylic acids is 1. The molecule has 35 heavy (non-hydrogen) atoms. The summed E-state index contributed by atoms with van der Waals surface area (Å²) in [5.74, 6) is 1.21. The molecule has 1 saturated heterocycles. The molecule has 174 valence electrons. The number of piperidine rings is 1. The normalized spacial score (nSPS) is 14.5. The first-order valence-corrected chi connectivity index (χ1v) is 12.1. The average Bonchev–Trinajstić information content (AvgIpc) is 3.55. The van der Waals surface area contributed by atoms with Crippen LogP contribution < -0.4 is 0 Å². The number of carbonyl (C=O) groups is 1. The van der Waals surface area contributed by atoms with E-state index in [1.54, 1.807) is 4.68 Å². The molecule has 0 unspecified atom stereocenters. The monoisotopic (exact) mass is 482 g/mol. The van der Waals surface area contributed by atoms with Gasteiger partial charge in [-0.1, -0.05) is 48.0 Å². The van der Waals surface area contributed by atoms with Gasteiger partial charge in [0.25, 0.3) is 5.91 Å². The molecule has 4 heterocycles. The molecule has 0 saturated carbocycles. The van der Waals surface area contributed by atoms with Gasteiger partial charge >= 0.3 is 0 Å². The van der Waals surface area contributed by atoms with Gasteiger partial charge in [0.05, 0.1) is 11.4 Å².